The van der Waals surface area contributed by atoms with Crippen molar-refractivity contribution in [3.63, 3.8) is 0 Å². The number of anilines is 1. The standard InChI is InChI=1S/C9H15N3O2S/c1-7(2-3-8(13)14)4-5-10-9-11-6-12-15-9/h6-7H,2-5H2,1H3,(H,13,14)(H,10,11,12). The van der Waals surface area contributed by atoms with Crippen molar-refractivity contribution in [1.82, 2.24) is 9.36 Å². The number of aliphatic carboxylic acids is 1. The summed E-state index contributed by atoms with van der Waals surface area (Å²) in [5.74, 6) is -0.305. The van der Waals surface area contributed by atoms with Crippen LogP contribution in [0, 0.1) is 5.92 Å². The van der Waals surface area contributed by atoms with Gasteiger partial charge in [0, 0.05) is 24.5 Å². The van der Waals surface area contributed by atoms with Gasteiger partial charge in [0.25, 0.3) is 0 Å². The second-order valence-electron chi connectivity index (χ2n) is 3.50. The fourth-order valence-corrected chi connectivity index (χ4v) is 1.65. The van der Waals surface area contributed by atoms with Crippen LogP contribution < -0.4 is 5.32 Å². The zero-order valence-corrected chi connectivity index (χ0v) is 9.46. The van der Waals surface area contributed by atoms with E-state index in [0.717, 1.165) is 24.5 Å². The number of nitrogens with one attached hydrogen (secondary N) is 1. The van der Waals surface area contributed by atoms with Gasteiger partial charge in [-0.1, -0.05) is 6.92 Å². The fraction of sp³-hybridized carbons (Fsp3) is 0.667. The molecule has 0 aliphatic rings. The molecule has 84 valence electrons. The average Bonchev–Trinajstić information content (AvgIpc) is 2.67. The topological polar surface area (TPSA) is 75.1 Å². The van der Waals surface area contributed by atoms with Crippen molar-refractivity contribution in [3.05, 3.63) is 6.33 Å². The second-order valence-corrected chi connectivity index (χ2v) is 4.28. The molecule has 2 N–H and O–H groups in total. The lowest BCUT2D eigenvalue weighted by Gasteiger charge is -2.09. The minimum Gasteiger partial charge on any atom is -0.481 e. The lowest BCUT2D eigenvalue weighted by Crippen LogP contribution is -2.08. The molecule has 1 atom stereocenters. The molecule has 15 heavy (non-hydrogen) atoms. The number of hydrogen-bond acceptors (Lipinski definition) is 5. The summed E-state index contributed by atoms with van der Waals surface area (Å²) in [7, 11) is 0. The maximum Gasteiger partial charge on any atom is 0.303 e. The molecule has 0 aromatic carbocycles. The van der Waals surface area contributed by atoms with Crippen molar-refractivity contribution in [2.45, 2.75) is 26.2 Å². The van der Waals surface area contributed by atoms with Crippen LogP contribution in [0.3, 0.4) is 0 Å². The molecule has 0 amide bonds. The van der Waals surface area contributed by atoms with E-state index in [9.17, 15) is 4.79 Å². The number of aromatic nitrogens is 2. The number of carboxylic acids is 1. The lowest BCUT2D eigenvalue weighted by atomic mass is 10.0. The zero-order chi connectivity index (χ0) is 11.1. The SMILES string of the molecule is CC(CCNc1ncns1)CCC(=O)O. The third-order valence-electron chi connectivity index (χ3n) is 2.13. The molecule has 1 unspecified atom stereocenters. The van der Waals surface area contributed by atoms with E-state index >= 15 is 0 Å². The van der Waals surface area contributed by atoms with Crippen LogP contribution in [-0.2, 0) is 4.79 Å². The van der Waals surface area contributed by atoms with Crippen molar-refractivity contribution >= 4 is 22.6 Å². The summed E-state index contributed by atoms with van der Waals surface area (Å²) in [6.07, 6.45) is 3.45. The average molecular weight is 229 g/mol. The van der Waals surface area contributed by atoms with E-state index in [4.69, 9.17) is 5.11 Å². The summed E-state index contributed by atoms with van der Waals surface area (Å²) in [6.45, 7) is 2.88. The van der Waals surface area contributed by atoms with Crippen molar-refractivity contribution in [3.8, 4) is 0 Å². The molecular formula is C9H15N3O2S. The Hall–Kier alpha value is -1.17. The quantitative estimate of drug-likeness (QED) is 0.746. The van der Waals surface area contributed by atoms with Gasteiger partial charge in [-0.15, -0.1) is 0 Å². The molecule has 6 heteroatoms. The first-order chi connectivity index (χ1) is 7.18. The van der Waals surface area contributed by atoms with Gasteiger partial charge in [0.1, 0.15) is 6.33 Å². The van der Waals surface area contributed by atoms with E-state index in [1.807, 2.05) is 0 Å². The molecule has 1 heterocycles. The van der Waals surface area contributed by atoms with Crippen LogP contribution >= 0.6 is 11.5 Å². The first-order valence-corrected chi connectivity index (χ1v) is 5.68. The van der Waals surface area contributed by atoms with E-state index in [0.29, 0.717) is 5.92 Å². The Balaban J connectivity index is 2.06. The highest BCUT2D eigenvalue weighted by molar-refractivity contribution is 7.09. The maximum atomic E-state index is 10.3. The number of carbonyl (C=O) groups is 1. The lowest BCUT2D eigenvalue weighted by molar-refractivity contribution is -0.137. The number of hydrogen-bond donors (Lipinski definition) is 2. The molecule has 1 rings (SSSR count). The fourth-order valence-electron chi connectivity index (χ4n) is 1.19. The molecule has 5 nitrogen and oxygen atoms in total. The second kappa shape index (κ2) is 6.34. The van der Waals surface area contributed by atoms with Gasteiger partial charge < -0.3 is 10.4 Å². The van der Waals surface area contributed by atoms with E-state index in [-0.39, 0.29) is 6.42 Å². The highest BCUT2D eigenvalue weighted by Gasteiger charge is 2.05. The van der Waals surface area contributed by atoms with Gasteiger partial charge in [-0.2, -0.15) is 4.37 Å². The van der Waals surface area contributed by atoms with Crippen molar-refractivity contribution < 1.29 is 9.90 Å². The Kier molecular flexibility index (Phi) is 5.03. The summed E-state index contributed by atoms with van der Waals surface area (Å²) in [5, 5.41) is 12.5. The molecule has 0 aliphatic heterocycles. The summed E-state index contributed by atoms with van der Waals surface area (Å²) in [4.78, 5) is 14.3. The van der Waals surface area contributed by atoms with Gasteiger partial charge in [-0.25, -0.2) is 4.98 Å². The van der Waals surface area contributed by atoms with Gasteiger partial charge in [0.05, 0.1) is 0 Å². The first-order valence-electron chi connectivity index (χ1n) is 4.91. The monoisotopic (exact) mass is 229 g/mol. The molecule has 0 spiro atoms. The van der Waals surface area contributed by atoms with Gasteiger partial charge in [-0.05, 0) is 18.8 Å². The Morgan fingerprint density at radius 1 is 1.67 bits per heavy atom. The molecule has 0 saturated carbocycles. The molecule has 0 radical (unpaired) electrons. The first kappa shape index (κ1) is 11.9. The van der Waals surface area contributed by atoms with Crippen LogP contribution in [0.5, 0.6) is 0 Å². The van der Waals surface area contributed by atoms with E-state index in [1.54, 1.807) is 0 Å². The highest BCUT2D eigenvalue weighted by atomic mass is 32.1. The van der Waals surface area contributed by atoms with Gasteiger partial charge >= 0.3 is 5.97 Å². The molecule has 0 saturated heterocycles. The van der Waals surface area contributed by atoms with E-state index in [1.165, 1.54) is 17.9 Å². The normalized spacial score (nSPS) is 12.3. The van der Waals surface area contributed by atoms with Crippen LogP contribution in [0.2, 0.25) is 0 Å². The van der Waals surface area contributed by atoms with Crippen molar-refractivity contribution in [2.75, 3.05) is 11.9 Å². The van der Waals surface area contributed by atoms with Crippen LogP contribution in [0.25, 0.3) is 0 Å². The Bertz CT molecular complexity index is 290. The molecule has 0 aliphatic carbocycles. The minimum absolute atomic E-state index is 0.250. The largest absolute Gasteiger partial charge is 0.481 e. The Morgan fingerprint density at radius 2 is 2.47 bits per heavy atom. The van der Waals surface area contributed by atoms with E-state index < -0.39 is 5.97 Å². The molecule has 0 bridgehead atoms. The Morgan fingerprint density at radius 3 is 3.07 bits per heavy atom. The molecule has 0 fully saturated rings. The van der Waals surface area contributed by atoms with Crippen LogP contribution in [0.4, 0.5) is 5.13 Å². The smallest absolute Gasteiger partial charge is 0.303 e. The van der Waals surface area contributed by atoms with Crippen molar-refractivity contribution in [2.24, 2.45) is 5.92 Å². The van der Waals surface area contributed by atoms with Crippen LogP contribution in [0.1, 0.15) is 26.2 Å². The zero-order valence-electron chi connectivity index (χ0n) is 8.64. The third kappa shape index (κ3) is 5.31. The Labute approximate surface area is 92.7 Å². The molecule has 1 aromatic heterocycles. The highest BCUT2D eigenvalue weighted by Crippen LogP contribution is 2.12. The third-order valence-corrected chi connectivity index (χ3v) is 2.75. The minimum atomic E-state index is -0.723. The van der Waals surface area contributed by atoms with Crippen molar-refractivity contribution in [1.29, 1.82) is 0 Å². The van der Waals surface area contributed by atoms with Gasteiger partial charge in [0.2, 0.25) is 5.13 Å². The summed E-state index contributed by atoms with van der Waals surface area (Å²) in [6, 6.07) is 0. The molecular weight excluding hydrogens is 214 g/mol. The summed E-state index contributed by atoms with van der Waals surface area (Å²) in [5.41, 5.74) is 0. The number of rotatable bonds is 7. The van der Waals surface area contributed by atoms with E-state index in [2.05, 4.69) is 21.6 Å². The molecule has 1 aromatic rings. The summed E-state index contributed by atoms with van der Waals surface area (Å²) < 4.78 is 3.87. The predicted octanol–water partition coefficient (Wildman–Crippen LogP) is 1.84. The van der Waals surface area contributed by atoms with Gasteiger partial charge in [-0.3, -0.25) is 4.79 Å². The van der Waals surface area contributed by atoms with Gasteiger partial charge in [0.15, 0.2) is 0 Å². The summed E-state index contributed by atoms with van der Waals surface area (Å²) >= 11 is 1.33. The number of carboxylic acid groups (broad SMARTS) is 1. The van der Waals surface area contributed by atoms with Crippen LogP contribution in [0.15, 0.2) is 6.33 Å². The maximum absolute atomic E-state index is 10.3. The van der Waals surface area contributed by atoms with Crippen LogP contribution in [-0.4, -0.2) is 27.0 Å². The predicted molar refractivity (Wildman–Crippen MR) is 59.0 cm³/mol. The number of nitrogens with zero attached hydrogens (tertiary/aromatic N) is 2.